The minimum absolute atomic E-state index is 0.338. The van der Waals surface area contributed by atoms with Crippen LogP contribution < -0.4 is 11.2 Å². The largest absolute Gasteiger partial charge is 0.494 e. The lowest BCUT2D eigenvalue weighted by atomic mass is 10.1. The molecular weight excluding hydrogens is 220 g/mol. The van der Waals surface area contributed by atoms with Gasteiger partial charge in [-0.15, -0.1) is 0 Å². The molecule has 0 aliphatic rings. The Balaban J connectivity index is 2.56. The van der Waals surface area contributed by atoms with Gasteiger partial charge in [0, 0.05) is 0 Å². The number of benzene rings is 1. The molecule has 0 saturated heterocycles. The molecule has 1 atom stereocenters. The summed E-state index contributed by atoms with van der Waals surface area (Å²) >= 11 is 0. The van der Waals surface area contributed by atoms with Crippen molar-refractivity contribution in [1.29, 1.82) is 0 Å². The molecular formula is C12H12N2O3. The normalized spacial score (nSPS) is 12.3. The summed E-state index contributed by atoms with van der Waals surface area (Å²) in [5.41, 5.74) is -0.354. The van der Waals surface area contributed by atoms with Crippen LogP contribution in [0.3, 0.4) is 0 Å². The number of aromatic nitrogens is 2. The second kappa shape index (κ2) is 4.29. The van der Waals surface area contributed by atoms with Crippen molar-refractivity contribution in [1.82, 2.24) is 9.55 Å². The zero-order chi connectivity index (χ0) is 12.4. The third-order valence-corrected chi connectivity index (χ3v) is 2.63. The summed E-state index contributed by atoms with van der Waals surface area (Å²) in [6.45, 7) is 1.77. The molecule has 0 spiro atoms. The van der Waals surface area contributed by atoms with Gasteiger partial charge in [-0.25, -0.2) is 4.79 Å². The summed E-state index contributed by atoms with van der Waals surface area (Å²) in [5.74, 6) is -0.338. The summed E-state index contributed by atoms with van der Waals surface area (Å²) < 4.78 is 1.14. The topological polar surface area (TPSA) is 75.1 Å². The van der Waals surface area contributed by atoms with Crippen molar-refractivity contribution in [2.75, 3.05) is 0 Å². The second-order valence-corrected chi connectivity index (χ2v) is 3.75. The van der Waals surface area contributed by atoms with E-state index < -0.39 is 11.2 Å². The average molecular weight is 232 g/mol. The van der Waals surface area contributed by atoms with Crippen LogP contribution in [0.25, 0.3) is 0 Å². The van der Waals surface area contributed by atoms with Gasteiger partial charge < -0.3 is 5.11 Å². The van der Waals surface area contributed by atoms with Gasteiger partial charge in [0.1, 0.15) is 0 Å². The highest BCUT2D eigenvalue weighted by atomic mass is 16.3. The zero-order valence-corrected chi connectivity index (χ0v) is 9.25. The Bertz CT molecular complexity index is 628. The van der Waals surface area contributed by atoms with Crippen molar-refractivity contribution >= 4 is 0 Å². The van der Waals surface area contributed by atoms with Crippen LogP contribution in [0.2, 0.25) is 0 Å². The molecule has 0 saturated carbocycles. The Morgan fingerprint density at radius 3 is 2.47 bits per heavy atom. The predicted molar refractivity (Wildman–Crippen MR) is 63.2 cm³/mol. The summed E-state index contributed by atoms with van der Waals surface area (Å²) in [5, 5.41) is 9.65. The van der Waals surface area contributed by atoms with E-state index in [1.165, 1.54) is 0 Å². The Morgan fingerprint density at radius 1 is 1.24 bits per heavy atom. The Labute approximate surface area is 97.0 Å². The summed E-state index contributed by atoms with van der Waals surface area (Å²) in [4.78, 5) is 24.7. The fourth-order valence-corrected chi connectivity index (χ4v) is 1.75. The standard InChI is InChI=1S/C12H12N2O3/c1-8(9-5-3-2-4-6-9)14-11(16)7-10(15)13-12(14)17/h2-8,16H,1H3,(H,13,15,17)/t8-/m0/s1. The maximum atomic E-state index is 11.6. The van der Waals surface area contributed by atoms with E-state index in [2.05, 4.69) is 4.98 Å². The minimum atomic E-state index is -0.619. The van der Waals surface area contributed by atoms with Crippen LogP contribution in [0.4, 0.5) is 0 Å². The lowest BCUT2D eigenvalue weighted by Gasteiger charge is -2.16. The van der Waals surface area contributed by atoms with E-state index in [9.17, 15) is 14.7 Å². The van der Waals surface area contributed by atoms with Gasteiger partial charge in [-0.3, -0.25) is 14.3 Å². The Hall–Kier alpha value is -2.30. The summed E-state index contributed by atoms with van der Waals surface area (Å²) in [6.07, 6.45) is 0. The van der Waals surface area contributed by atoms with Crippen LogP contribution >= 0.6 is 0 Å². The number of nitrogens with zero attached hydrogens (tertiary/aromatic N) is 1. The molecule has 2 aromatic rings. The first-order valence-electron chi connectivity index (χ1n) is 5.19. The van der Waals surface area contributed by atoms with E-state index in [1.807, 2.05) is 30.3 Å². The van der Waals surface area contributed by atoms with Crippen LogP contribution in [0.15, 0.2) is 46.0 Å². The number of aromatic amines is 1. The molecule has 0 aliphatic carbocycles. The number of H-pyrrole nitrogens is 1. The van der Waals surface area contributed by atoms with Gasteiger partial charge >= 0.3 is 5.69 Å². The summed E-state index contributed by atoms with van der Waals surface area (Å²) in [7, 11) is 0. The van der Waals surface area contributed by atoms with Crippen LogP contribution in [0, 0.1) is 0 Å². The molecule has 0 unspecified atom stereocenters. The van der Waals surface area contributed by atoms with E-state index in [0.717, 1.165) is 16.2 Å². The highest BCUT2D eigenvalue weighted by molar-refractivity contribution is 5.21. The maximum Gasteiger partial charge on any atom is 0.331 e. The molecule has 0 radical (unpaired) electrons. The van der Waals surface area contributed by atoms with Gasteiger partial charge in [0.25, 0.3) is 5.56 Å². The quantitative estimate of drug-likeness (QED) is 0.806. The second-order valence-electron chi connectivity index (χ2n) is 3.75. The first-order valence-corrected chi connectivity index (χ1v) is 5.19. The van der Waals surface area contributed by atoms with Gasteiger partial charge in [0.15, 0.2) is 0 Å². The highest BCUT2D eigenvalue weighted by Gasteiger charge is 2.13. The van der Waals surface area contributed by atoms with E-state index in [1.54, 1.807) is 6.92 Å². The minimum Gasteiger partial charge on any atom is -0.494 e. The highest BCUT2D eigenvalue weighted by Crippen LogP contribution is 2.18. The molecule has 1 heterocycles. The first kappa shape index (κ1) is 11.2. The molecule has 17 heavy (non-hydrogen) atoms. The van der Waals surface area contributed by atoms with Crippen LogP contribution in [-0.4, -0.2) is 14.7 Å². The third kappa shape index (κ3) is 2.13. The molecule has 0 amide bonds. The fraction of sp³-hybridized carbons (Fsp3) is 0.167. The molecule has 0 fully saturated rings. The van der Waals surface area contributed by atoms with E-state index in [0.29, 0.717) is 0 Å². The molecule has 5 heteroatoms. The molecule has 1 aromatic carbocycles. The van der Waals surface area contributed by atoms with E-state index in [-0.39, 0.29) is 11.9 Å². The Kier molecular flexibility index (Phi) is 2.82. The van der Waals surface area contributed by atoms with Gasteiger partial charge in [0.05, 0.1) is 12.1 Å². The van der Waals surface area contributed by atoms with Gasteiger partial charge in [0.2, 0.25) is 5.88 Å². The number of rotatable bonds is 2. The van der Waals surface area contributed by atoms with Crippen molar-refractivity contribution in [2.45, 2.75) is 13.0 Å². The lowest BCUT2D eigenvalue weighted by Crippen LogP contribution is -2.31. The molecule has 5 nitrogen and oxygen atoms in total. The molecule has 0 aliphatic heterocycles. The number of nitrogens with one attached hydrogen (secondary N) is 1. The smallest absolute Gasteiger partial charge is 0.331 e. The molecule has 1 aromatic heterocycles. The lowest BCUT2D eigenvalue weighted by molar-refractivity contribution is 0.389. The van der Waals surface area contributed by atoms with Crippen molar-refractivity contribution in [3.05, 3.63) is 62.8 Å². The SMILES string of the molecule is C[C@@H](c1ccccc1)n1c(O)cc(=O)[nH]c1=O. The molecule has 88 valence electrons. The number of hydrogen-bond donors (Lipinski definition) is 2. The van der Waals surface area contributed by atoms with Gasteiger partial charge in [-0.1, -0.05) is 30.3 Å². The van der Waals surface area contributed by atoms with Crippen molar-refractivity contribution in [3.63, 3.8) is 0 Å². The van der Waals surface area contributed by atoms with Crippen molar-refractivity contribution in [3.8, 4) is 5.88 Å². The van der Waals surface area contributed by atoms with Crippen LogP contribution in [-0.2, 0) is 0 Å². The third-order valence-electron chi connectivity index (χ3n) is 2.63. The van der Waals surface area contributed by atoms with Crippen LogP contribution in [0.1, 0.15) is 18.5 Å². The van der Waals surface area contributed by atoms with Crippen LogP contribution in [0.5, 0.6) is 5.88 Å². The number of aromatic hydroxyl groups is 1. The Morgan fingerprint density at radius 2 is 1.88 bits per heavy atom. The van der Waals surface area contributed by atoms with Gasteiger partial charge in [-0.05, 0) is 12.5 Å². The van der Waals surface area contributed by atoms with Crippen molar-refractivity contribution < 1.29 is 5.11 Å². The first-order chi connectivity index (χ1) is 8.09. The fourth-order valence-electron chi connectivity index (χ4n) is 1.75. The average Bonchev–Trinajstić information content (AvgIpc) is 2.28. The van der Waals surface area contributed by atoms with Crippen molar-refractivity contribution in [2.24, 2.45) is 0 Å². The maximum absolute atomic E-state index is 11.6. The number of hydrogen-bond acceptors (Lipinski definition) is 3. The van der Waals surface area contributed by atoms with Gasteiger partial charge in [-0.2, -0.15) is 0 Å². The molecule has 0 bridgehead atoms. The predicted octanol–water partition coefficient (Wildman–Crippen LogP) is 0.851. The van der Waals surface area contributed by atoms with E-state index >= 15 is 0 Å². The zero-order valence-electron chi connectivity index (χ0n) is 9.25. The molecule has 2 N–H and O–H groups in total. The monoisotopic (exact) mass is 232 g/mol. The summed E-state index contributed by atoms with van der Waals surface area (Å²) in [6, 6.07) is 9.90. The molecule has 2 rings (SSSR count). The van der Waals surface area contributed by atoms with E-state index in [4.69, 9.17) is 0 Å².